The van der Waals surface area contributed by atoms with Crippen molar-refractivity contribution in [3.05, 3.63) is 116 Å². The molecule has 42 heavy (non-hydrogen) atoms. The molecule has 9 rings (SSSR count). The summed E-state index contributed by atoms with van der Waals surface area (Å²) in [6, 6.07) is 29.0. The quantitative estimate of drug-likeness (QED) is 0.147. The van der Waals surface area contributed by atoms with Gasteiger partial charge in [-0.25, -0.2) is 9.97 Å². The molecular formula is C33H17N7OPt. The molecule has 0 aliphatic rings. The normalized spacial score (nSPS) is 11.6. The first-order valence-electron chi connectivity index (χ1n) is 13.1. The summed E-state index contributed by atoms with van der Waals surface area (Å²) in [5.41, 5.74) is 5.86. The number of hydrogen-bond donors (Lipinski definition) is 0. The molecule has 6 heterocycles. The third-order valence-electron chi connectivity index (χ3n) is 7.41. The van der Waals surface area contributed by atoms with Crippen LogP contribution in [0.3, 0.4) is 0 Å². The van der Waals surface area contributed by atoms with E-state index >= 15 is 0 Å². The Morgan fingerprint density at radius 3 is 1.93 bits per heavy atom. The molecule has 9 heteroatoms. The predicted molar refractivity (Wildman–Crippen MR) is 157 cm³/mol. The second kappa shape index (κ2) is 9.43. The van der Waals surface area contributed by atoms with E-state index in [1.54, 1.807) is 24.8 Å². The number of ether oxygens (including phenoxy) is 1. The zero-order chi connectivity index (χ0) is 26.9. The third kappa shape index (κ3) is 3.62. The predicted octanol–water partition coefficient (Wildman–Crippen LogP) is 6.84. The van der Waals surface area contributed by atoms with E-state index in [1.807, 2.05) is 63.7 Å². The van der Waals surface area contributed by atoms with E-state index in [9.17, 15) is 0 Å². The van der Waals surface area contributed by atoms with E-state index in [1.165, 1.54) is 0 Å². The van der Waals surface area contributed by atoms with Gasteiger partial charge in [-0.3, -0.25) is 15.0 Å². The maximum atomic E-state index is 6.31. The van der Waals surface area contributed by atoms with Crippen molar-refractivity contribution in [3.8, 4) is 22.8 Å². The van der Waals surface area contributed by atoms with Crippen molar-refractivity contribution < 1.29 is 25.8 Å². The van der Waals surface area contributed by atoms with Crippen LogP contribution in [-0.4, -0.2) is 33.7 Å². The Bertz CT molecular complexity index is 2470. The molecule has 0 N–H and O–H groups in total. The molecule has 6 aromatic heterocycles. The zero-order valence-corrected chi connectivity index (χ0v) is 23.9. The third-order valence-corrected chi connectivity index (χ3v) is 7.41. The van der Waals surface area contributed by atoms with Crippen LogP contribution in [0.2, 0.25) is 0 Å². The van der Waals surface area contributed by atoms with Gasteiger partial charge in [0.25, 0.3) is 0 Å². The van der Waals surface area contributed by atoms with Gasteiger partial charge < -0.3 is 13.5 Å². The fraction of sp³-hybridized carbons (Fsp3) is 0. The molecule has 0 amide bonds. The summed E-state index contributed by atoms with van der Waals surface area (Å²) >= 11 is 0. The molecule has 0 saturated carbocycles. The maximum absolute atomic E-state index is 6.31. The molecule has 0 fully saturated rings. The van der Waals surface area contributed by atoms with Crippen LogP contribution < -0.4 is 4.74 Å². The average Bonchev–Trinajstić information content (AvgIpc) is 3.73. The van der Waals surface area contributed by atoms with E-state index in [4.69, 9.17) is 9.72 Å². The van der Waals surface area contributed by atoms with Crippen molar-refractivity contribution in [1.82, 2.24) is 33.7 Å². The summed E-state index contributed by atoms with van der Waals surface area (Å²) in [6.07, 6.45) is 10.7. The van der Waals surface area contributed by atoms with Gasteiger partial charge in [0.05, 0.1) is 22.5 Å². The average molecular weight is 723 g/mol. The monoisotopic (exact) mass is 722 g/mol. The smallest absolute Gasteiger partial charge is 0.497 e. The first kappa shape index (κ1) is 24.6. The van der Waals surface area contributed by atoms with Crippen molar-refractivity contribution in [1.29, 1.82) is 0 Å². The van der Waals surface area contributed by atoms with Crippen molar-refractivity contribution in [2.45, 2.75) is 0 Å². The van der Waals surface area contributed by atoms with Crippen molar-refractivity contribution in [3.63, 3.8) is 0 Å². The first-order valence-corrected chi connectivity index (χ1v) is 13.1. The number of rotatable bonds is 3. The SMILES string of the molecule is [Pt+2].[c-]1c(Oc2[c-]c3c(cc2)c2nccnc2n2ccnc32)ccc2c1c1nccn1c1nc(-c3ccccc3)ccc21. The summed E-state index contributed by atoms with van der Waals surface area (Å²) in [5, 5.41) is 4.59. The molecule has 8 nitrogen and oxygen atoms in total. The topological polar surface area (TPSA) is 82.5 Å². The molecule has 0 saturated heterocycles. The molecule has 0 aliphatic carbocycles. The Balaban J connectivity index is 0.00000267. The number of aromatic nitrogens is 7. The van der Waals surface area contributed by atoms with Crippen LogP contribution in [0.5, 0.6) is 11.5 Å². The fourth-order valence-corrected chi connectivity index (χ4v) is 5.59. The van der Waals surface area contributed by atoms with Gasteiger partial charge in [0.2, 0.25) is 0 Å². The summed E-state index contributed by atoms with van der Waals surface area (Å²) in [4.78, 5) is 23.3. The van der Waals surface area contributed by atoms with Gasteiger partial charge in [0, 0.05) is 54.2 Å². The van der Waals surface area contributed by atoms with E-state index in [0.29, 0.717) is 11.5 Å². The van der Waals surface area contributed by atoms with Crippen molar-refractivity contribution in [2.24, 2.45) is 0 Å². The fourth-order valence-electron chi connectivity index (χ4n) is 5.59. The molecule has 0 unspecified atom stereocenters. The zero-order valence-electron chi connectivity index (χ0n) is 21.7. The second-order valence-electron chi connectivity index (χ2n) is 9.73. The Kier molecular flexibility index (Phi) is 5.52. The van der Waals surface area contributed by atoms with Gasteiger partial charge in [0.1, 0.15) is 11.3 Å². The molecule has 0 atom stereocenters. The van der Waals surface area contributed by atoms with Gasteiger partial charge in [-0.05, 0) is 11.5 Å². The summed E-state index contributed by atoms with van der Waals surface area (Å²) in [5.74, 6) is 1.11. The standard InChI is InChI=1S/C33H17N7O.Pt/c1-2-4-20(5-3-1)28-11-10-25-23-8-6-21(18-26(23)30-36-14-16-39(30)32(25)38-28)41-22-7-9-24-27(19-22)31-37-15-17-40(31)33-29(24)34-12-13-35-33;/h1-17H;/q-2;+2. The van der Waals surface area contributed by atoms with E-state index in [2.05, 4.69) is 56.3 Å². The molecule has 0 radical (unpaired) electrons. The molecule has 3 aromatic carbocycles. The van der Waals surface area contributed by atoms with Crippen LogP contribution in [-0.2, 0) is 21.1 Å². The summed E-state index contributed by atoms with van der Waals surface area (Å²) in [7, 11) is 0. The van der Waals surface area contributed by atoms with Crippen molar-refractivity contribution in [2.75, 3.05) is 0 Å². The Labute approximate surface area is 252 Å². The number of pyridine rings is 3. The molecule has 0 aliphatic heterocycles. The number of fused-ring (bicyclic) bond motifs is 12. The number of nitrogens with zero attached hydrogens (tertiary/aromatic N) is 7. The maximum Gasteiger partial charge on any atom is 2.00 e. The number of benzene rings is 3. The van der Waals surface area contributed by atoms with E-state index in [0.717, 1.165) is 66.3 Å². The van der Waals surface area contributed by atoms with Crippen LogP contribution in [0.25, 0.3) is 66.3 Å². The number of imidazole rings is 2. The van der Waals surface area contributed by atoms with Crippen LogP contribution >= 0.6 is 0 Å². The second-order valence-corrected chi connectivity index (χ2v) is 9.73. The minimum Gasteiger partial charge on any atom is -0.497 e. The molecule has 200 valence electrons. The molecule has 0 bridgehead atoms. The molecule has 0 spiro atoms. The minimum absolute atomic E-state index is 0. The Morgan fingerprint density at radius 2 is 1.17 bits per heavy atom. The van der Waals surface area contributed by atoms with Gasteiger partial charge in [-0.1, -0.05) is 82.2 Å². The molecular weight excluding hydrogens is 705 g/mol. The molecule has 9 aromatic rings. The van der Waals surface area contributed by atoms with Crippen LogP contribution in [0, 0.1) is 12.1 Å². The first-order chi connectivity index (χ1) is 20.3. The van der Waals surface area contributed by atoms with Crippen LogP contribution in [0.1, 0.15) is 0 Å². The summed E-state index contributed by atoms with van der Waals surface area (Å²) < 4.78 is 10.2. The van der Waals surface area contributed by atoms with Gasteiger partial charge in [-0.2, -0.15) is 0 Å². The minimum atomic E-state index is 0. The van der Waals surface area contributed by atoms with Gasteiger partial charge in [0.15, 0.2) is 0 Å². The van der Waals surface area contributed by atoms with E-state index < -0.39 is 0 Å². The Hall–Kier alpha value is -5.20. The number of hydrogen-bond acceptors (Lipinski definition) is 6. The van der Waals surface area contributed by atoms with Crippen molar-refractivity contribution >= 4 is 55.0 Å². The Morgan fingerprint density at radius 1 is 0.548 bits per heavy atom. The van der Waals surface area contributed by atoms with Gasteiger partial charge >= 0.3 is 21.1 Å². The van der Waals surface area contributed by atoms with Crippen LogP contribution in [0.15, 0.2) is 104 Å². The largest absolute Gasteiger partial charge is 2.00 e. The summed E-state index contributed by atoms with van der Waals surface area (Å²) in [6.45, 7) is 0. The van der Waals surface area contributed by atoms with Gasteiger partial charge in [-0.15, -0.1) is 12.1 Å². The van der Waals surface area contributed by atoms with Crippen LogP contribution in [0.4, 0.5) is 0 Å². The van der Waals surface area contributed by atoms with E-state index in [-0.39, 0.29) is 21.1 Å².